The molecule has 62 heavy (non-hydrogen) atoms. The van der Waals surface area contributed by atoms with Crippen LogP contribution in [0.1, 0.15) is 0 Å². The van der Waals surface area contributed by atoms with Crippen LogP contribution in [0.3, 0.4) is 0 Å². The van der Waals surface area contributed by atoms with E-state index < -0.39 is 0 Å². The summed E-state index contributed by atoms with van der Waals surface area (Å²) < 4.78 is 15.2. The van der Waals surface area contributed by atoms with Crippen LogP contribution in [0.4, 0.5) is 17.1 Å². The number of hydrogen-bond acceptors (Lipinski definition) is 3. The molecule has 0 atom stereocenters. The minimum Gasteiger partial charge on any atom is -0.456 e. The lowest BCUT2D eigenvalue weighted by atomic mass is 9.97. The molecule has 9 aromatic carbocycles. The lowest BCUT2D eigenvalue weighted by molar-refractivity contribution is 0.669. The normalized spacial score (nSPS) is 11.9. The highest BCUT2D eigenvalue weighted by molar-refractivity contribution is 6.09. The Hall–Kier alpha value is -8.34. The molecule has 0 bridgehead atoms. The van der Waals surface area contributed by atoms with Crippen molar-refractivity contribution in [3.8, 4) is 33.4 Å². The third kappa shape index (κ3) is 5.47. The van der Waals surface area contributed by atoms with Crippen LogP contribution in [0, 0.1) is 0 Å². The number of furan rings is 2. The van der Waals surface area contributed by atoms with Crippen molar-refractivity contribution in [3.05, 3.63) is 219 Å². The van der Waals surface area contributed by atoms with E-state index in [1.54, 1.807) is 0 Å². The molecule has 13 aromatic rings. The summed E-state index contributed by atoms with van der Waals surface area (Å²) in [5, 5.41) is 8.09. The fourth-order valence-electron chi connectivity index (χ4n) is 9.61. The molecule has 4 aromatic heterocycles. The highest BCUT2D eigenvalue weighted by Crippen LogP contribution is 2.43. The highest BCUT2D eigenvalue weighted by atomic mass is 16.3. The first-order valence-corrected chi connectivity index (χ1v) is 21.1. The molecule has 13 rings (SSSR count). The van der Waals surface area contributed by atoms with E-state index in [-0.39, 0.29) is 0 Å². The second-order valence-electron chi connectivity index (χ2n) is 16.2. The van der Waals surface area contributed by atoms with E-state index in [9.17, 15) is 0 Å². The third-order valence-electron chi connectivity index (χ3n) is 12.5. The molecule has 4 heterocycles. The molecule has 0 saturated carbocycles. The largest absolute Gasteiger partial charge is 0.456 e. The Kier molecular flexibility index (Phi) is 7.57. The van der Waals surface area contributed by atoms with Crippen molar-refractivity contribution in [2.24, 2.45) is 0 Å². The monoisotopic (exact) mass is 792 g/mol. The molecule has 0 aliphatic rings. The Morgan fingerprint density at radius 1 is 0.306 bits per heavy atom. The molecular formula is C58H36N2O2. The Bertz CT molecular complexity index is 3770. The fourth-order valence-corrected chi connectivity index (χ4v) is 9.61. The highest BCUT2D eigenvalue weighted by Gasteiger charge is 2.19. The summed E-state index contributed by atoms with van der Waals surface area (Å²) >= 11 is 0. The molecule has 0 saturated heterocycles. The number of fused-ring (bicyclic) bond motifs is 10. The topological polar surface area (TPSA) is 33.9 Å². The summed E-state index contributed by atoms with van der Waals surface area (Å²) in [7, 11) is 0. The van der Waals surface area contributed by atoms with Gasteiger partial charge in [-0.1, -0.05) is 127 Å². The van der Waals surface area contributed by atoms with Crippen LogP contribution in [-0.4, -0.2) is 4.40 Å². The number of nitrogens with zero attached hydrogens (tertiary/aromatic N) is 2. The number of anilines is 3. The minimum atomic E-state index is 0.847. The molecule has 0 aliphatic carbocycles. The van der Waals surface area contributed by atoms with E-state index in [2.05, 4.69) is 204 Å². The Morgan fingerprint density at radius 2 is 0.839 bits per heavy atom. The molecule has 4 nitrogen and oxygen atoms in total. The lowest BCUT2D eigenvalue weighted by Crippen LogP contribution is -2.09. The van der Waals surface area contributed by atoms with Gasteiger partial charge in [-0.15, -0.1) is 0 Å². The van der Waals surface area contributed by atoms with Crippen molar-refractivity contribution < 1.29 is 8.83 Å². The van der Waals surface area contributed by atoms with Gasteiger partial charge in [-0.25, -0.2) is 0 Å². The van der Waals surface area contributed by atoms with Crippen LogP contribution >= 0.6 is 0 Å². The summed E-state index contributed by atoms with van der Waals surface area (Å²) in [5.41, 5.74) is 16.0. The van der Waals surface area contributed by atoms with Crippen LogP contribution in [0.2, 0.25) is 0 Å². The van der Waals surface area contributed by atoms with E-state index in [0.717, 1.165) is 72.1 Å². The first-order chi connectivity index (χ1) is 30.7. The third-order valence-corrected chi connectivity index (χ3v) is 12.5. The van der Waals surface area contributed by atoms with Crippen molar-refractivity contribution in [1.29, 1.82) is 0 Å². The summed E-state index contributed by atoms with van der Waals surface area (Å²) in [5.74, 6) is 0. The number of para-hydroxylation sites is 3. The van der Waals surface area contributed by atoms with Crippen molar-refractivity contribution in [2.75, 3.05) is 4.90 Å². The first kappa shape index (κ1) is 34.5. The van der Waals surface area contributed by atoms with Gasteiger partial charge in [-0.2, -0.15) is 0 Å². The molecule has 0 unspecified atom stereocenters. The van der Waals surface area contributed by atoms with Crippen LogP contribution in [0.5, 0.6) is 0 Å². The number of rotatable bonds is 6. The molecule has 0 radical (unpaired) electrons. The molecule has 0 spiro atoms. The summed E-state index contributed by atoms with van der Waals surface area (Å²) in [6.45, 7) is 0. The van der Waals surface area contributed by atoms with Crippen LogP contribution in [0.15, 0.2) is 227 Å². The molecular weight excluding hydrogens is 757 g/mol. The second kappa shape index (κ2) is 13.6. The van der Waals surface area contributed by atoms with Gasteiger partial charge in [0.05, 0.1) is 11.0 Å². The Morgan fingerprint density at radius 3 is 1.53 bits per heavy atom. The van der Waals surface area contributed by atoms with Crippen molar-refractivity contribution in [1.82, 2.24) is 4.40 Å². The van der Waals surface area contributed by atoms with E-state index in [1.807, 2.05) is 24.3 Å². The maximum Gasteiger partial charge on any atom is 0.137 e. The van der Waals surface area contributed by atoms with Gasteiger partial charge in [0.1, 0.15) is 22.3 Å². The molecule has 0 N–H and O–H groups in total. The minimum absolute atomic E-state index is 0.847. The Labute approximate surface area is 356 Å². The first-order valence-electron chi connectivity index (χ1n) is 21.1. The Balaban J connectivity index is 0.914. The molecule has 4 heteroatoms. The van der Waals surface area contributed by atoms with Gasteiger partial charge in [0.25, 0.3) is 0 Å². The molecule has 0 amide bonds. The lowest BCUT2D eigenvalue weighted by Gasteiger charge is -2.26. The smallest absolute Gasteiger partial charge is 0.137 e. The number of hydrogen-bond donors (Lipinski definition) is 0. The summed E-state index contributed by atoms with van der Waals surface area (Å²) in [4.78, 5) is 2.30. The van der Waals surface area contributed by atoms with Crippen molar-refractivity contribution >= 4 is 88.1 Å². The van der Waals surface area contributed by atoms with Gasteiger partial charge < -0.3 is 18.1 Å². The average Bonchev–Trinajstić information content (AvgIpc) is 4.00. The predicted molar refractivity (Wildman–Crippen MR) is 258 cm³/mol. The van der Waals surface area contributed by atoms with Crippen molar-refractivity contribution in [2.45, 2.75) is 0 Å². The van der Waals surface area contributed by atoms with E-state index in [1.165, 1.54) is 49.4 Å². The second-order valence-corrected chi connectivity index (χ2v) is 16.2. The van der Waals surface area contributed by atoms with Crippen LogP contribution in [0.25, 0.3) is 104 Å². The zero-order valence-corrected chi connectivity index (χ0v) is 33.5. The standard InChI is InChI=1S/C58H36N2O2/c1-2-12-37(13-3-1)58-51-20-4-7-21-52(51)59-36-43-31-41(24-25-42(43)33-53(58)59)39-15-10-14-38(30-39)40-16-11-17-44(32-40)60(45-26-28-49-47-18-5-8-22-54(47)61-56(49)34-45)46-27-29-50-48-19-6-9-23-55(48)62-57(50)35-46/h1-36H. The number of pyridine rings is 1. The van der Waals surface area contributed by atoms with Gasteiger partial charge in [0.15, 0.2) is 0 Å². The zero-order valence-electron chi connectivity index (χ0n) is 33.5. The van der Waals surface area contributed by atoms with Crippen LogP contribution < -0.4 is 4.90 Å². The maximum atomic E-state index is 6.41. The van der Waals surface area contributed by atoms with Gasteiger partial charge in [0.2, 0.25) is 0 Å². The maximum absolute atomic E-state index is 6.41. The zero-order chi connectivity index (χ0) is 40.7. The van der Waals surface area contributed by atoms with Crippen molar-refractivity contribution in [3.63, 3.8) is 0 Å². The van der Waals surface area contributed by atoms with Gasteiger partial charge in [0, 0.05) is 67.9 Å². The van der Waals surface area contributed by atoms with Gasteiger partial charge >= 0.3 is 0 Å². The van der Waals surface area contributed by atoms with Gasteiger partial charge in [-0.3, -0.25) is 0 Å². The fraction of sp³-hybridized carbons (Fsp3) is 0. The average molecular weight is 793 g/mol. The van der Waals surface area contributed by atoms with Crippen LogP contribution in [-0.2, 0) is 0 Å². The van der Waals surface area contributed by atoms with E-state index in [4.69, 9.17) is 8.83 Å². The molecule has 290 valence electrons. The summed E-state index contributed by atoms with van der Waals surface area (Å²) in [6, 6.07) is 75.8. The van der Waals surface area contributed by atoms with E-state index in [0.29, 0.717) is 0 Å². The van der Waals surface area contributed by atoms with Gasteiger partial charge in [-0.05, 0) is 111 Å². The predicted octanol–water partition coefficient (Wildman–Crippen LogP) is 16.5. The number of benzene rings is 9. The van der Waals surface area contributed by atoms with E-state index >= 15 is 0 Å². The quantitative estimate of drug-likeness (QED) is 0.168. The molecule has 0 aliphatic heterocycles. The number of aromatic nitrogens is 1. The molecule has 0 fully saturated rings. The summed E-state index contributed by atoms with van der Waals surface area (Å²) in [6.07, 6.45) is 2.30. The SMILES string of the molecule is c1ccc(-c2c3ccccc3n3cc4cc(-c5cccc(-c6cccc(N(c7ccc8c(c7)oc7ccccc78)c7ccc8c(c7)oc7ccccc78)c6)c5)ccc4cc23)cc1.